The fourth-order valence-electron chi connectivity index (χ4n) is 4.17. The third-order valence-electron chi connectivity index (χ3n) is 5.97. The van der Waals surface area contributed by atoms with Gasteiger partial charge in [-0.15, -0.1) is 0 Å². The Hall–Kier alpha value is -3.41. The van der Waals surface area contributed by atoms with E-state index in [0.29, 0.717) is 11.7 Å². The van der Waals surface area contributed by atoms with E-state index in [1.165, 1.54) is 25.7 Å². The molecular formula is C26H29N3O3. The first-order valence-electron chi connectivity index (χ1n) is 11.1. The lowest BCUT2D eigenvalue weighted by Crippen LogP contribution is -2.18. The molecular weight excluding hydrogens is 402 g/mol. The topological polar surface area (TPSA) is 73.3 Å². The zero-order valence-corrected chi connectivity index (χ0v) is 18.6. The molecule has 4 rings (SSSR count). The predicted molar refractivity (Wildman–Crippen MR) is 125 cm³/mol. The predicted octanol–water partition coefficient (Wildman–Crippen LogP) is 5.07. The van der Waals surface area contributed by atoms with Gasteiger partial charge in [-0.2, -0.15) is 0 Å². The van der Waals surface area contributed by atoms with E-state index in [0.717, 1.165) is 40.4 Å². The number of nitrogens with one attached hydrogen (secondary N) is 1. The quantitative estimate of drug-likeness (QED) is 0.539. The van der Waals surface area contributed by atoms with Gasteiger partial charge in [0.05, 0.1) is 38.2 Å². The second-order valence-electron chi connectivity index (χ2n) is 8.21. The Morgan fingerprint density at radius 3 is 2.22 bits per heavy atom. The largest absolute Gasteiger partial charge is 0.497 e. The number of methoxy groups -OCH3 is 2. The van der Waals surface area contributed by atoms with Gasteiger partial charge in [0.25, 0.3) is 0 Å². The Kier molecular flexibility index (Phi) is 7.00. The lowest BCUT2D eigenvalue weighted by atomic mass is 10.0. The van der Waals surface area contributed by atoms with Gasteiger partial charge in [0, 0.05) is 5.56 Å². The zero-order valence-electron chi connectivity index (χ0n) is 18.6. The number of anilines is 1. The van der Waals surface area contributed by atoms with Crippen molar-refractivity contribution in [2.24, 2.45) is 5.92 Å². The minimum atomic E-state index is -0.102. The normalized spacial score (nSPS) is 13.7. The maximum Gasteiger partial charge on any atom is 0.229 e. The van der Waals surface area contributed by atoms with Crippen LogP contribution in [0.2, 0.25) is 0 Å². The van der Waals surface area contributed by atoms with Crippen molar-refractivity contribution < 1.29 is 14.3 Å². The summed E-state index contributed by atoms with van der Waals surface area (Å²) in [5.41, 5.74) is 3.55. The second kappa shape index (κ2) is 10.3. The van der Waals surface area contributed by atoms with Crippen molar-refractivity contribution >= 4 is 11.7 Å². The molecule has 0 saturated heterocycles. The Bertz CT molecular complexity index is 1040. The van der Waals surface area contributed by atoms with Crippen LogP contribution in [0.5, 0.6) is 11.5 Å². The third-order valence-corrected chi connectivity index (χ3v) is 5.97. The Morgan fingerprint density at radius 2 is 1.59 bits per heavy atom. The molecule has 2 aromatic carbocycles. The Balaban J connectivity index is 1.54. The molecule has 0 bridgehead atoms. The van der Waals surface area contributed by atoms with E-state index in [4.69, 9.17) is 14.5 Å². The number of ether oxygens (including phenoxy) is 2. The van der Waals surface area contributed by atoms with Gasteiger partial charge in [0.1, 0.15) is 11.5 Å². The third kappa shape index (κ3) is 5.44. The average Bonchev–Trinajstić information content (AvgIpc) is 3.34. The summed E-state index contributed by atoms with van der Waals surface area (Å²) in [6.07, 6.45) is 7.75. The van der Waals surface area contributed by atoms with E-state index in [1.54, 1.807) is 20.4 Å². The standard InChI is InChI=1S/C26H29N3O3/c1-31-21-11-7-19(8-12-21)16-25(30)29-26-23(15-18-5-3-4-6-18)28-24(17-27-26)20-9-13-22(32-2)14-10-20/h7-14,17-18H,3-6,15-16H2,1-2H3,(H,27,29,30). The van der Waals surface area contributed by atoms with Crippen LogP contribution in [0.15, 0.2) is 54.7 Å². The molecule has 1 saturated carbocycles. The summed E-state index contributed by atoms with van der Waals surface area (Å²) in [7, 11) is 3.28. The van der Waals surface area contributed by atoms with Crippen molar-refractivity contribution in [1.29, 1.82) is 0 Å². The molecule has 6 heteroatoms. The van der Waals surface area contributed by atoms with Crippen molar-refractivity contribution in [1.82, 2.24) is 9.97 Å². The molecule has 0 aliphatic heterocycles. The van der Waals surface area contributed by atoms with Crippen LogP contribution in [-0.4, -0.2) is 30.1 Å². The number of amides is 1. The van der Waals surface area contributed by atoms with E-state index in [1.807, 2.05) is 48.5 Å². The van der Waals surface area contributed by atoms with Gasteiger partial charge in [0.2, 0.25) is 5.91 Å². The van der Waals surface area contributed by atoms with Crippen LogP contribution in [0.3, 0.4) is 0 Å². The zero-order chi connectivity index (χ0) is 22.3. The van der Waals surface area contributed by atoms with Crippen LogP contribution in [0.1, 0.15) is 36.9 Å². The highest BCUT2D eigenvalue weighted by molar-refractivity contribution is 5.92. The smallest absolute Gasteiger partial charge is 0.229 e. The number of rotatable bonds is 8. The van der Waals surface area contributed by atoms with E-state index in [2.05, 4.69) is 10.3 Å². The lowest BCUT2D eigenvalue weighted by Gasteiger charge is -2.14. The molecule has 0 radical (unpaired) electrons. The number of benzene rings is 2. The van der Waals surface area contributed by atoms with Crippen molar-refractivity contribution in [3.8, 4) is 22.8 Å². The highest BCUT2D eigenvalue weighted by Gasteiger charge is 2.20. The highest BCUT2D eigenvalue weighted by Crippen LogP contribution is 2.30. The molecule has 32 heavy (non-hydrogen) atoms. The molecule has 0 unspecified atom stereocenters. The van der Waals surface area contributed by atoms with Crippen molar-refractivity contribution in [2.45, 2.75) is 38.5 Å². The summed E-state index contributed by atoms with van der Waals surface area (Å²) in [6, 6.07) is 15.3. The van der Waals surface area contributed by atoms with E-state index < -0.39 is 0 Å². The summed E-state index contributed by atoms with van der Waals surface area (Å²) in [6.45, 7) is 0. The van der Waals surface area contributed by atoms with Gasteiger partial charge in [-0.3, -0.25) is 4.79 Å². The average molecular weight is 432 g/mol. The maximum absolute atomic E-state index is 12.7. The molecule has 0 spiro atoms. The van der Waals surface area contributed by atoms with Crippen LogP contribution in [0.4, 0.5) is 5.82 Å². The molecule has 3 aromatic rings. The molecule has 1 fully saturated rings. The second-order valence-corrected chi connectivity index (χ2v) is 8.21. The first-order chi connectivity index (χ1) is 15.6. The van der Waals surface area contributed by atoms with Crippen molar-refractivity contribution in [3.05, 3.63) is 66.0 Å². The molecule has 166 valence electrons. The molecule has 1 aliphatic carbocycles. The summed E-state index contributed by atoms with van der Waals surface area (Å²) >= 11 is 0. The molecule has 1 amide bonds. The van der Waals surface area contributed by atoms with Gasteiger partial charge >= 0.3 is 0 Å². The summed E-state index contributed by atoms with van der Waals surface area (Å²) < 4.78 is 10.4. The first-order valence-corrected chi connectivity index (χ1v) is 11.1. The lowest BCUT2D eigenvalue weighted by molar-refractivity contribution is -0.115. The Morgan fingerprint density at radius 1 is 0.969 bits per heavy atom. The number of hydrogen-bond acceptors (Lipinski definition) is 5. The Labute approximate surface area is 189 Å². The summed E-state index contributed by atoms with van der Waals surface area (Å²) in [5, 5.41) is 2.99. The van der Waals surface area contributed by atoms with Gasteiger partial charge in [-0.1, -0.05) is 37.8 Å². The van der Waals surface area contributed by atoms with E-state index in [9.17, 15) is 4.79 Å². The monoisotopic (exact) mass is 431 g/mol. The minimum Gasteiger partial charge on any atom is -0.497 e. The molecule has 0 atom stereocenters. The maximum atomic E-state index is 12.7. The van der Waals surface area contributed by atoms with Crippen LogP contribution in [0.25, 0.3) is 11.3 Å². The highest BCUT2D eigenvalue weighted by atomic mass is 16.5. The SMILES string of the molecule is COc1ccc(CC(=O)Nc2ncc(-c3ccc(OC)cc3)nc2CC2CCCC2)cc1. The number of carbonyl (C=O) groups is 1. The van der Waals surface area contributed by atoms with Crippen LogP contribution < -0.4 is 14.8 Å². The summed E-state index contributed by atoms with van der Waals surface area (Å²) in [5.74, 6) is 2.62. The van der Waals surface area contributed by atoms with Crippen molar-refractivity contribution in [3.63, 3.8) is 0 Å². The van der Waals surface area contributed by atoms with Gasteiger partial charge in [0.15, 0.2) is 5.82 Å². The molecule has 6 nitrogen and oxygen atoms in total. The van der Waals surface area contributed by atoms with E-state index in [-0.39, 0.29) is 12.3 Å². The van der Waals surface area contributed by atoms with Crippen LogP contribution >= 0.6 is 0 Å². The number of hydrogen-bond donors (Lipinski definition) is 1. The van der Waals surface area contributed by atoms with Crippen LogP contribution in [-0.2, 0) is 17.6 Å². The van der Waals surface area contributed by atoms with Gasteiger partial charge in [-0.25, -0.2) is 9.97 Å². The number of nitrogens with zero attached hydrogens (tertiary/aromatic N) is 2. The van der Waals surface area contributed by atoms with Gasteiger partial charge in [-0.05, 0) is 54.3 Å². The van der Waals surface area contributed by atoms with Crippen LogP contribution in [0, 0.1) is 5.92 Å². The number of carbonyl (C=O) groups excluding carboxylic acids is 1. The fraction of sp³-hybridized carbons (Fsp3) is 0.346. The molecule has 1 N–H and O–H groups in total. The minimum absolute atomic E-state index is 0.102. The molecule has 1 heterocycles. The van der Waals surface area contributed by atoms with Crippen molar-refractivity contribution in [2.75, 3.05) is 19.5 Å². The number of aromatic nitrogens is 2. The van der Waals surface area contributed by atoms with Gasteiger partial charge < -0.3 is 14.8 Å². The first kappa shape index (κ1) is 21.8. The summed E-state index contributed by atoms with van der Waals surface area (Å²) in [4.78, 5) is 22.2. The van der Waals surface area contributed by atoms with E-state index >= 15 is 0 Å². The molecule has 1 aliphatic rings. The molecule has 1 aromatic heterocycles. The fourth-order valence-corrected chi connectivity index (χ4v) is 4.17.